The maximum absolute atomic E-state index is 12.4. The second-order valence-corrected chi connectivity index (χ2v) is 4.34. The Labute approximate surface area is 89.3 Å². The monoisotopic (exact) mass is 266 g/mol. The zero-order chi connectivity index (χ0) is 10.9. The van der Waals surface area contributed by atoms with Gasteiger partial charge in [0.15, 0.2) is 0 Å². The fourth-order valence-electron chi connectivity index (χ4n) is 1.11. The van der Waals surface area contributed by atoms with Crippen LogP contribution in [0.4, 0.5) is 13.2 Å². The average Bonchev–Trinajstić information content (AvgIpc) is 2.01. The van der Waals surface area contributed by atoms with Crippen LogP contribution < -0.4 is 0 Å². The van der Waals surface area contributed by atoms with Crippen LogP contribution in [0.25, 0.3) is 0 Å². The van der Waals surface area contributed by atoms with Crippen LogP contribution in [0.1, 0.15) is 30.9 Å². The summed E-state index contributed by atoms with van der Waals surface area (Å²) in [5, 5.41) is 0. The molecule has 0 aromatic heterocycles. The molecule has 0 amide bonds. The van der Waals surface area contributed by atoms with Gasteiger partial charge in [-0.1, -0.05) is 29.8 Å². The van der Waals surface area contributed by atoms with Crippen LogP contribution in [-0.2, 0) is 6.18 Å². The van der Waals surface area contributed by atoms with E-state index < -0.39 is 11.7 Å². The molecule has 0 aliphatic heterocycles. The Morgan fingerprint density at radius 2 is 1.71 bits per heavy atom. The lowest BCUT2D eigenvalue weighted by molar-refractivity contribution is -0.137. The van der Waals surface area contributed by atoms with E-state index in [9.17, 15) is 13.2 Å². The summed E-state index contributed by atoms with van der Waals surface area (Å²) >= 11 is 3.07. The van der Waals surface area contributed by atoms with Gasteiger partial charge in [0.05, 0.1) is 5.56 Å². The standard InChI is InChI=1S/C10H10BrF3/c1-6(2)7-3-8(10(12,13)14)5-9(11)4-7/h3-6H,1-2H3. The van der Waals surface area contributed by atoms with Crippen molar-refractivity contribution in [2.45, 2.75) is 25.9 Å². The van der Waals surface area contributed by atoms with Crippen LogP contribution in [0, 0.1) is 0 Å². The first-order valence-corrected chi connectivity index (χ1v) is 4.97. The topological polar surface area (TPSA) is 0 Å². The molecule has 0 fully saturated rings. The van der Waals surface area contributed by atoms with E-state index in [1.54, 1.807) is 6.07 Å². The maximum atomic E-state index is 12.4. The molecule has 4 heteroatoms. The van der Waals surface area contributed by atoms with Crippen molar-refractivity contribution in [3.05, 3.63) is 33.8 Å². The molecule has 0 aliphatic rings. The summed E-state index contributed by atoms with van der Waals surface area (Å²) in [6, 6.07) is 3.99. The van der Waals surface area contributed by atoms with Gasteiger partial charge < -0.3 is 0 Å². The molecule has 0 unspecified atom stereocenters. The molecule has 0 spiro atoms. The predicted molar refractivity (Wildman–Crippen MR) is 53.2 cm³/mol. The van der Waals surface area contributed by atoms with E-state index in [2.05, 4.69) is 15.9 Å². The zero-order valence-corrected chi connectivity index (χ0v) is 9.41. The first-order valence-electron chi connectivity index (χ1n) is 4.18. The van der Waals surface area contributed by atoms with Gasteiger partial charge in [-0.3, -0.25) is 0 Å². The van der Waals surface area contributed by atoms with Crippen molar-refractivity contribution in [3.8, 4) is 0 Å². The molecule has 0 N–H and O–H groups in total. The Morgan fingerprint density at radius 3 is 2.14 bits per heavy atom. The first-order chi connectivity index (χ1) is 6.30. The molecule has 0 nitrogen and oxygen atoms in total. The first kappa shape index (κ1) is 11.6. The minimum absolute atomic E-state index is 0.0913. The maximum Gasteiger partial charge on any atom is 0.416 e. The highest BCUT2D eigenvalue weighted by Gasteiger charge is 2.31. The second-order valence-electron chi connectivity index (χ2n) is 3.43. The lowest BCUT2D eigenvalue weighted by Gasteiger charge is -2.11. The average molecular weight is 267 g/mol. The van der Waals surface area contributed by atoms with E-state index in [-0.39, 0.29) is 5.92 Å². The molecule has 0 atom stereocenters. The molecule has 1 aromatic rings. The zero-order valence-electron chi connectivity index (χ0n) is 7.82. The van der Waals surface area contributed by atoms with Gasteiger partial charge in [-0.15, -0.1) is 0 Å². The summed E-state index contributed by atoms with van der Waals surface area (Å²) in [5.41, 5.74) is 0.0854. The summed E-state index contributed by atoms with van der Waals surface area (Å²) in [6.45, 7) is 3.73. The number of alkyl halides is 3. The highest BCUT2D eigenvalue weighted by Crippen LogP contribution is 2.33. The lowest BCUT2D eigenvalue weighted by atomic mass is 10.0. The van der Waals surface area contributed by atoms with Crippen molar-refractivity contribution in [1.29, 1.82) is 0 Å². The van der Waals surface area contributed by atoms with Crippen LogP contribution in [0.2, 0.25) is 0 Å². The summed E-state index contributed by atoms with van der Waals surface area (Å²) in [6.07, 6.45) is -4.27. The molecule has 1 aromatic carbocycles. The van der Waals surface area contributed by atoms with Crippen molar-refractivity contribution < 1.29 is 13.2 Å². The second kappa shape index (κ2) is 3.93. The van der Waals surface area contributed by atoms with Crippen molar-refractivity contribution in [2.24, 2.45) is 0 Å². The largest absolute Gasteiger partial charge is 0.416 e. The SMILES string of the molecule is CC(C)c1cc(Br)cc(C(F)(F)F)c1. The van der Waals surface area contributed by atoms with Crippen LogP contribution in [-0.4, -0.2) is 0 Å². The van der Waals surface area contributed by atoms with Crippen molar-refractivity contribution in [1.82, 2.24) is 0 Å². The molecular weight excluding hydrogens is 257 g/mol. The lowest BCUT2D eigenvalue weighted by Crippen LogP contribution is -2.06. The Kier molecular flexibility index (Phi) is 3.24. The Hall–Kier alpha value is -0.510. The quantitative estimate of drug-likeness (QED) is 0.698. The van der Waals surface area contributed by atoms with E-state index in [1.807, 2.05) is 13.8 Å². The molecule has 0 radical (unpaired) electrons. The molecule has 0 bridgehead atoms. The van der Waals surface area contributed by atoms with E-state index in [4.69, 9.17) is 0 Å². The fraction of sp³-hybridized carbons (Fsp3) is 0.400. The molecular formula is C10H10BrF3. The van der Waals surface area contributed by atoms with Crippen LogP contribution in [0.3, 0.4) is 0 Å². The van der Waals surface area contributed by atoms with E-state index in [0.29, 0.717) is 10.0 Å². The van der Waals surface area contributed by atoms with Gasteiger partial charge in [-0.05, 0) is 29.7 Å². The third-order valence-corrected chi connectivity index (χ3v) is 2.37. The van der Waals surface area contributed by atoms with Crippen molar-refractivity contribution in [3.63, 3.8) is 0 Å². The Bertz CT molecular complexity index is 329. The normalized spacial score (nSPS) is 12.2. The number of benzene rings is 1. The summed E-state index contributed by atoms with van der Waals surface area (Å²) < 4.78 is 37.6. The van der Waals surface area contributed by atoms with Gasteiger partial charge in [0.2, 0.25) is 0 Å². The summed E-state index contributed by atoms with van der Waals surface area (Å²) in [7, 11) is 0. The van der Waals surface area contributed by atoms with Crippen molar-refractivity contribution in [2.75, 3.05) is 0 Å². The van der Waals surface area contributed by atoms with E-state index in [0.717, 1.165) is 6.07 Å². The van der Waals surface area contributed by atoms with Crippen LogP contribution in [0.15, 0.2) is 22.7 Å². The number of hydrogen-bond donors (Lipinski definition) is 0. The number of rotatable bonds is 1. The summed E-state index contributed by atoms with van der Waals surface area (Å²) in [5.74, 6) is 0.0913. The van der Waals surface area contributed by atoms with Crippen LogP contribution in [0.5, 0.6) is 0 Å². The number of hydrogen-bond acceptors (Lipinski definition) is 0. The highest BCUT2D eigenvalue weighted by molar-refractivity contribution is 9.10. The molecule has 78 valence electrons. The molecule has 0 saturated carbocycles. The molecule has 14 heavy (non-hydrogen) atoms. The van der Waals surface area contributed by atoms with Gasteiger partial charge >= 0.3 is 6.18 Å². The summed E-state index contributed by atoms with van der Waals surface area (Å²) in [4.78, 5) is 0. The van der Waals surface area contributed by atoms with E-state index >= 15 is 0 Å². The molecule has 0 saturated heterocycles. The van der Waals surface area contributed by atoms with Gasteiger partial charge in [-0.2, -0.15) is 13.2 Å². The van der Waals surface area contributed by atoms with Crippen molar-refractivity contribution >= 4 is 15.9 Å². The van der Waals surface area contributed by atoms with Gasteiger partial charge in [0.25, 0.3) is 0 Å². The molecule has 0 heterocycles. The van der Waals surface area contributed by atoms with Gasteiger partial charge in [-0.25, -0.2) is 0 Å². The molecule has 0 aliphatic carbocycles. The molecule has 1 rings (SSSR count). The third kappa shape index (κ3) is 2.74. The smallest absolute Gasteiger partial charge is 0.166 e. The predicted octanol–water partition coefficient (Wildman–Crippen LogP) is 4.59. The fourth-order valence-corrected chi connectivity index (χ4v) is 1.62. The number of halogens is 4. The third-order valence-electron chi connectivity index (χ3n) is 1.91. The Balaban J connectivity index is 3.21. The highest BCUT2D eigenvalue weighted by atomic mass is 79.9. The van der Waals surface area contributed by atoms with Gasteiger partial charge in [0, 0.05) is 4.47 Å². The minimum Gasteiger partial charge on any atom is -0.166 e. The van der Waals surface area contributed by atoms with Gasteiger partial charge in [0.1, 0.15) is 0 Å². The van der Waals surface area contributed by atoms with Crippen LogP contribution >= 0.6 is 15.9 Å². The van der Waals surface area contributed by atoms with E-state index in [1.165, 1.54) is 6.07 Å². The Morgan fingerprint density at radius 1 is 1.14 bits per heavy atom. The minimum atomic E-state index is -4.27.